The lowest BCUT2D eigenvalue weighted by atomic mass is 10.1. The molecule has 0 spiro atoms. The maximum Gasteiger partial charge on any atom is 0.309 e. The van der Waals surface area contributed by atoms with Gasteiger partial charge in [-0.05, 0) is 35.9 Å². The lowest BCUT2D eigenvalue weighted by Gasteiger charge is -2.14. The van der Waals surface area contributed by atoms with Gasteiger partial charge in [0.2, 0.25) is 0 Å². The van der Waals surface area contributed by atoms with Gasteiger partial charge in [-0.2, -0.15) is 0 Å². The molecule has 0 saturated heterocycles. The molecular formula is C17H16Br2O4. The number of ether oxygens (including phenoxy) is 3. The van der Waals surface area contributed by atoms with Crippen molar-refractivity contribution in [3.63, 3.8) is 0 Å². The Morgan fingerprint density at radius 2 is 1.78 bits per heavy atom. The molecule has 23 heavy (non-hydrogen) atoms. The average molecular weight is 444 g/mol. The van der Waals surface area contributed by atoms with Gasteiger partial charge in [-0.3, -0.25) is 4.79 Å². The first-order chi connectivity index (χ1) is 11.1. The van der Waals surface area contributed by atoms with Crippen LogP contribution in [0.5, 0.6) is 17.2 Å². The first kappa shape index (κ1) is 17.8. The van der Waals surface area contributed by atoms with Crippen LogP contribution in [-0.4, -0.2) is 20.2 Å². The van der Waals surface area contributed by atoms with E-state index < -0.39 is 0 Å². The largest absolute Gasteiger partial charge is 0.493 e. The molecule has 0 saturated carbocycles. The SMILES string of the molecule is COC(=O)Cc1ccc(OC)c(Oc2ccc(Br)cc2CBr)c1. The van der Waals surface area contributed by atoms with Gasteiger partial charge in [-0.25, -0.2) is 0 Å². The van der Waals surface area contributed by atoms with Crippen molar-refractivity contribution >= 4 is 37.8 Å². The Bertz CT molecular complexity index is 701. The molecular weight excluding hydrogens is 428 g/mol. The number of carbonyl (C=O) groups is 1. The van der Waals surface area contributed by atoms with Gasteiger partial charge in [0, 0.05) is 15.4 Å². The monoisotopic (exact) mass is 442 g/mol. The first-order valence-corrected chi connectivity index (χ1v) is 8.74. The Balaban J connectivity index is 2.34. The molecule has 2 rings (SSSR count). The predicted octanol–water partition coefficient (Wildman–Crippen LogP) is 4.86. The summed E-state index contributed by atoms with van der Waals surface area (Å²) < 4.78 is 17.0. The molecule has 0 heterocycles. The van der Waals surface area contributed by atoms with Gasteiger partial charge in [-0.1, -0.05) is 37.9 Å². The third-order valence-electron chi connectivity index (χ3n) is 3.19. The van der Waals surface area contributed by atoms with Crippen LogP contribution in [0.25, 0.3) is 0 Å². The van der Waals surface area contributed by atoms with E-state index in [2.05, 4.69) is 31.9 Å². The van der Waals surface area contributed by atoms with Crippen LogP contribution in [0.2, 0.25) is 0 Å². The zero-order valence-corrected chi connectivity index (χ0v) is 15.9. The Hall–Kier alpha value is -1.53. The van der Waals surface area contributed by atoms with E-state index in [1.165, 1.54) is 7.11 Å². The molecule has 0 aromatic heterocycles. The maximum absolute atomic E-state index is 11.4. The van der Waals surface area contributed by atoms with E-state index in [9.17, 15) is 4.79 Å². The van der Waals surface area contributed by atoms with Gasteiger partial charge in [-0.15, -0.1) is 0 Å². The molecule has 0 amide bonds. The summed E-state index contributed by atoms with van der Waals surface area (Å²) in [6.45, 7) is 0. The average Bonchev–Trinajstić information content (AvgIpc) is 2.56. The fourth-order valence-corrected chi connectivity index (χ4v) is 2.87. The zero-order valence-electron chi connectivity index (χ0n) is 12.8. The third kappa shape index (κ3) is 4.72. The molecule has 0 atom stereocenters. The Labute approximate surface area is 152 Å². The van der Waals surface area contributed by atoms with Crippen molar-refractivity contribution in [3.05, 3.63) is 52.0 Å². The number of hydrogen-bond acceptors (Lipinski definition) is 4. The quantitative estimate of drug-likeness (QED) is 0.472. The maximum atomic E-state index is 11.4. The lowest BCUT2D eigenvalue weighted by molar-refractivity contribution is -0.139. The highest BCUT2D eigenvalue weighted by molar-refractivity contribution is 9.10. The highest BCUT2D eigenvalue weighted by atomic mass is 79.9. The van der Waals surface area contributed by atoms with Crippen LogP contribution in [0, 0.1) is 0 Å². The molecule has 122 valence electrons. The fourth-order valence-electron chi connectivity index (χ4n) is 2.02. The van der Waals surface area contributed by atoms with E-state index in [0.717, 1.165) is 21.3 Å². The van der Waals surface area contributed by atoms with Crippen LogP contribution in [0.15, 0.2) is 40.9 Å². The van der Waals surface area contributed by atoms with Crippen LogP contribution < -0.4 is 9.47 Å². The smallest absolute Gasteiger partial charge is 0.309 e. The van der Waals surface area contributed by atoms with Crippen LogP contribution in [0.3, 0.4) is 0 Å². The molecule has 0 bridgehead atoms. The van der Waals surface area contributed by atoms with Gasteiger partial charge in [0.1, 0.15) is 5.75 Å². The van der Waals surface area contributed by atoms with Crippen molar-refractivity contribution in [1.29, 1.82) is 0 Å². The minimum Gasteiger partial charge on any atom is -0.493 e. The van der Waals surface area contributed by atoms with E-state index >= 15 is 0 Å². The summed E-state index contributed by atoms with van der Waals surface area (Å²) in [4.78, 5) is 11.4. The molecule has 6 heteroatoms. The number of carbonyl (C=O) groups excluding carboxylic acids is 1. The molecule has 0 aliphatic carbocycles. The highest BCUT2D eigenvalue weighted by Crippen LogP contribution is 2.35. The number of benzene rings is 2. The van der Waals surface area contributed by atoms with Crippen molar-refractivity contribution in [3.8, 4) is 17.2 Å². The van der Waals surface area contributed by atoms with Crippen molar-refractivity contribution in [2.24, 2.45) is 0 Å². The minimum atomic E-state index is -0.300. The number of halogens is 2. The second kappa shape index (κ2) is 8.36. The number of esters is 1. The summed E-state index contributed by atoms with van der Waals surface area (Å²) in [7, 11) is 2.95. The second-order valence-electron chi connectivity index (χ2n) is 4.73. The molecule has 2 aromatic rings. The van der Waals surface area contributed by atoms with Crippen LogP contribution in [-0.2, 0) is 21.3 Å². The standard InChI is InChI=1S/C17H16Br2O4/c1-21-15-5-3-11(8-17(20)22-2)7-16(15)23-14-6-4-13(19)9-12(14)10-18/h3-7,9H,8,10H2,1-2H3. The van der Waals surface area contributed by atoms with Crippen LogP contribution in [0.1, 0.15) is 11.1 Å². The molecule has 0 fully saturated rings. The Morgan fingerprint density at radius 1 is 1.04 bits per heavy atom. The number of alkyl halides is 1. The van der Waals surface area contributed by atoms with Crippen molar-refractivity contribution < 1.29 is 19.0 Å². The third-order valence-corrected chi connectivity index (χ3v) is 4.29. The summed E-state index contributed by atoms with van der Waals surface area (Å²) in [6, 6.07) is 11.2. The molecule has 4 nitrogen and oxygen atoms in total. The zero-order chi connectivity index (χ0) is 16.8. The van der Waals surface area contributed by atoms with Crippen molar-refractivity contribution in [2.75, 3.05) is 14.2 Å². The highest BCUT2D eigenvalue weighted by Gasteiger charge is 2.12. The van der Waals surface area contributed by atoms with Gasteiger partial charge in [0.25, 0.3) is 0 Å². The van der Waals surface area contributed by atoms with E-state index in [4.69, 9.17) is 14.2 Å². The summed E-state index contributed by atoms with van der Waals surface area (Å²) in [5.41, 5.74) is 1.80. The van der Waals surface area contributed by atoms with Gasteiger partial charge in [0.05, 0.1) is 20.6 Å². The Morgan fingerprint density at radius 3 is 2.43 bits per heavy atom. The number of methoxy groups -OCH3 is 2. The molecule has 0 aliphatic rings. The first-order valence-electron chi connectivity index (χ1n) is 6.83. The lowest BCUT2D eigenvalue weighted by Crippen LogP contribution is -2.04. The van der Waals surface area contributed by atoms with Crippen molar-refractivity contribution in [1.82, 2.24) is 0 Å². The van der Waals surface area contributed by atoms with E-state index in [-0.39, 0.29) is 12.4 Å². The number of rotatable bonds is 6. The van der Waals surface area contributed by atoms with Crippen molar-refractivity contribution in [2.45, 2.75) is 11.8 Å². The van der Waals surface area contributed by atoms with E-state index in [0.29, 0.717) is 16.8 Å². The summed E-state index contributed by atoms with van der Waals surface area (Å²) in [6.07, 6.45) is 0.183. The van der Waals surface area contributed by atoms with Gasteiger partial charge < -0.3 is 14.2 Å². The van der Waals surface area contributed by atoms with Gasteiger partial charge in [0.15, 0.2) is 11.5 Å². The topological polar surface area (TPSA) is 44.8 Å². The fraction of sp³-hybridized carbons (Fsp3) is 0.235. The molecule has 2 aromatic carbocycles. The molecule has 0 radical (unpaired) electrons. The Kier molecular flexibility index (Phi) is 6.47. The van der Waals surface area contributed by atoms with E-state index in [1.54, 1.807) is 19.2 Å². The second-order valence-corrected chi connectivity index (χ2v) is 6.20. The minimum absolute atomic E-state index is 0.183. The predicted molar refractivity (Wildman–Crippen MR) is 95.6 cm³/mol. The summed E-state index contributed by atoms with van der Waals surface area (Å²) in [5, 5.41) is 0.659. The summed E-state index contributed by atoms with van der Waals surface area (Å²) >= 11 is 6.90. The van der Waals surface area contributed by atoms with Gasteiger partial charge >= 0.3 is 5.97 Å². The number of hydrogen-bond donors (Lipinski definition) is 0. The molecule has 0 aliphatic heterocycles. The van der Waals surface area contributed by atoms with Crippen LogP contribution in [0.4, 0.5) is 0 Å². The molecule has 0 unspecified atom stereocenters. The van der Waals surface area contributed by atoms with E-state index in [1.807, 2.05) is 24.3 Å². The normalized spacial score (nSPS) is 10.3. The summed E-state index contributed by atoms with van der Waals surface area (Å²) in [5.74, 6) is 1.57. The molecule has 0 N–H and O–H groups in total. The van der Waals surface area contributed by atoms with Crippen LogP contribution >= 0.6 is 31.9 Å².